The van der Waals surface area contributed by atoms with Crippen LogP contribution in [0.25, 0.3) is 0 Å². The van der Waals surface area contributed by atoms with Crippen LogP contribution in [0.1, 0.15) is 22.4 Å². The van der Waals surface area contributed by atoms with Gasteiger partial charge in [-0.1, -0.05) is 0 Å². The van der Waals surface area contributed by atoms with E-state index in [4.69, 9.17) is 11.0 Å². The van der Waals surface area contributed by atoms with E-state index in [2.05, 4.69) is 11.1 Å². The number of hydrogen-bond donors (Lipinski definition) is 1. The van der Waals surface area contributed by atoms with E-state index in [1.807, 2.05) is 13.8 Å². The molecule has 1 heterocycles. The lowest BCUT2D eigenvalue weighted by molar-refractivity contribution is 1.13. The van der Waals surface area contributed by atoms with Gasteiger partial charge in [-0.15, -0.1) is 0 Å². The predicted molar refractivity (Wildman–Crippen MR) is 47.6 cm³/mol. The van der Waals surface area contributed by atoms with Crippen molar-refractivity contribution in [3.63, 3.8) is 0 Å². The Balaban J connectivity index is 3.54. The monoisotopic (exact) mass is 161 g/mol. The van der Waals surface area contributed by atoms with Gasteiger partial charge < -0.3 is 5.73 Å². The Morgan fingerprint density at radius 3 is 2.33 bits per heavy atom. The molecule has 0 unspecified atom stereocenters. The second kappa shape index (κ2) is 2.82. The summed E-state index contributed by atoms with van der Waals surface area (Å²) in [6.45, 7) is 5.55. The number of aryl methyl sites for hydroxylation is 1. The van der Waals surface area contributed by atoms with Crippen LogP contribution in [0.2, 0.25) is 0 Å². The molecule has 0 amide bonds. The molecule has 1 aromatic rings. The first-order valence-corrected chi connectivity index (χ1v) is 3.71. The molecule has 0 saturated carbocycles. The summed E-state index contributed by atoms with van der Waals surface area (Å²) >= 11 is 0. The Bertz CT molecular complexity index is 361. The highest BCUT2D eigenvalue weighted by Crippen LogP contribution is 2.18. The molecular weight excluding hydrogens is 150 g/mol. The maximum atomic E-state index is 8.78. The number of anilines is 1. The van der Waals surface area contributed by atoms with Crippen molar-refractivity contribution in [3.8, 4) is 6.07 Å². The van der Waals surface area contributed by atoms with E-state index in [-0.39, 0.29) is 0 Å². The highest BCUT2D eigenvalue weighted by atomic mass is 14.8. The number of hydrogen-bond acceptors (Lipinski definition) is 3. The van der Waals surface area contributed by atoms with Crippen LogP contribution in [0.5, 0.6) is 0 Å². The first kappa shape index (κ1) is 8.54. The largest absolute Gasteiger partial charge is 0.383 e. The normalized spacial score (nSPS) is 9.50. The van der Waals surface area contributed by atoms with Gasteiger partial charge in [0.05, 0.1) is 11.3 Å². The molecule has 0 fully saturated rings. The first-order valence-electron chi connectivity index (χ1n) is 3.71. The maximum absolute atomic E-state index is 8.78. The number of nitrogens with zero attached hydrogens (tertiary/aromatic N) is 2. The van der Waals surface area contributed by atoms with Crippen LogP contribution in [-0.2, 0) is 0 Å². The molecule has 0 aliphatic carbocycles. The maximum Gasteiger partial charge on any atom is 0.126 e. The van der Waals surface area contributed by atoms with E-state index in [0.29, 0.717) is 17.1 Å². The van der Waals surface area contributed by atoms with E-state index in [9.17, 15) is 0 Å². The first-order chi connectivity index (χ1) is 5.57. The van der Waals surface area contributed by atoms with Crippen molar-refractivity contribution in [2.24, 2.45) is 0 Å². The molecule has 0 spiro atoms. The molecule has 62 valence electrons. The Hall–Kier alpha value is -1.56. The summed E-state index contributed by atoms with van der Waals surface area (Å²) in [5.74, 6) is 0.518. The molecule has 0 bridgehead atoms. The second-order valence-electron chi connectivity index (χ2n) is 2.82. The van der Waals surface area contributed by atoms with Crippen molar-refractivity contribution in [1.29, 1.82) is 5.26 Å². The van der Waals surface area contributed by atoms with E-state index in [0.717, 1.165) is 11.1 Å². The Morgan fingerprint density at radius 2 is 1.83 bits per heavy atom. The highest BCUT2D eigenvalue weighted by Gasteiger charge is 2.08. The van der Waals surface area contributed by atoms with Gasteiger partial charge >= 0.3 is 0 Å². The van der Waals surface area contributed by atoms with Gasteiger partial charge in [-0.25, -0.2) is 4.98 Å². The Kier molecular flexibility index (Phi) is 2.01. The predicted octanol–water partition coefficient (Wildman–Crippen LogP) is 1.46. The molecule has 0 aliphatic heterocycles. The van der Waals surface area contributed by atoms with Gasteiger partial charge in [0.2, 0.25) is 0 Å². The van der Waals surface area contributed by atoms with Crippen LogP contribution in [0, 0.1) is 32.1 Å². The molecule has 0 saturated heterocycles. The molecule has 1 rings (SSSR count). The molecule has 0 aromatic carbocycles. The fourth-order valence-electron chi connectivity index (χ4n) is 1.14. The SMILES string of the molecule is Cc1nc(N)c(C)c(C)c1C#N. The highest BCUT2D eigenvalue weighted by molar-refractivity contribution is 5.52. The van der Waals surface area contributed by atoms with E-state index in [1.165, 1.54) is 0 Å². The number of aromatic nitrogens is 1. The van der Waals surface area contributed by atoms with E-state index < -0.39 is 0 Å². The van der Waals surface area contributed by atoms with Gasteiger partial charge in [-0.05, 0) is 31.9 Å². The third-order valence-electron chi connectivity index (χ3n) is 2.08. The number of nitrogen functional groups attached to an aromatic ring is 1. The van der Waals surface area contributed by atoms with Gasteiger partial charge in [0.25, 0.3) is 0 Å². The topological polar surface area (TPSA) is 62.7 Å². The summed E-state index contributed by atoms with van der Waals surface area (Å²) in [6.07, 6.45) is 0. The van der Waals surface area contributed by atoms with Crippen molar-refractivity contribution in [2.75, 3.05) is 5.73 Å². The molecule has 3 nitrogen and oxygen atoms in total. The lowest BCUT2D eigenvalue weighted by Gasteiger charge is -2.07. The fourth-order valence-corrected chi connectivity index (χ4v) is 1.14. The number of rotatable bonds is 0. The fraction of sp³-hybridized carbons (Fsp3) is 0.333. The minimum Gasteiger partial charge on any atom is -0.383 e. The van der Waals surface area contributed by atoms with E-state index in [1.54, 1.807) is 6.92 Å². The number of pyridine rings is 1. The number of nitrogens with two attached hydrogens (primary N) is 1. The van der Waals surface area contributed by atoms with Crippen LogP contribution in [0.3, 0.4) is 0 Å². The molecule has 1 aromatic heterocycles. The lowest BCUT2D eigenvalue weighted by Crippen LogP contribution is -2.02. The van der Waals surface area contributed by atoms with Gasteiger partial charge in [0.1, 0.15) is 11.9 Å². The summed E-state index contributed by atoms with van der Waals surface area (Å²) in [5, 5.41) is 8.78. The zero-order valence-electron chi connectivity index (χ0n) is 7.47. The van der Waals surface area contributed by atoms with Crippen molar-refractivity contribution in [2.45, 2.75) is 20.8 Å². The van der Waals surface area contributed by atoms with Gasteiger partial charge in [-0.2, -0.15) is 5.26 Å². The number of nitriles is 1. The summed E-state index contributed by atoms with van der Waals surface area (Å²) in [5.41, 5.74) is 8.80. The average Bonchev–Trinajstić information content (AvgIpc) is 2.01. The quantitative estimate of drug-likeness (QED) is 0.626. The summed E-state index contributed by atoms with van der Waals surface area (Å²) in [6, 6.07) is 2.11. The zero-order valence-corrected chi connectivity index (χ0v) is 7.47. The molecule has 0 aliphatic rings. The van der Waals surface area contributed by atoms with Crippen LogP contribution in [-0.4, -0.2) is 4.98 Å². The van der Waals surface area contributed by atoms with Crippen LogP contribution >= 0.6 is 0 Å². The van der Waals surface area contributed by atoms with Crippen LogP contribution in [0.4, 0.5) is 5.82 Å². The van der Waals surface area contributed by atoms with Crippen LogP contribution in [0.15, 0.2) is 0 Å². The Labute approximate surface area is 71.8 Å². The van der Waals surface area contributed by atoms with Gasteiger partial charge in [-0.3, -0.25) is 0 Å². The Morgan fingerprint density at radius 1 is 1.25 bits per heavy atom. The molecule has 3 heteroatoms. The molecule has 0 radical (unpaired) electrons. The van der Waals surface area contributed by atoms with Crippen LogP contribution < -0.4 is 5.73 Å². The minimum atomic E-state index is 0.518. The van der Waals surface area contributed by atoms with Gasteiger partial charge in [0.15, 0.2) is 0 Å². The van der Waals surface area contributed by atoms with Gasteiger partial charge in [0, 0.05) is 0 Å². The molecule has 2 N–H and O–H groups in total. The standard InChI is InChI=1S/C9H11N3/c1-5-6(2)9(11)12-7(3)8(5)4-10/h1-3H3,(H2,11,12). The summed E-state index contributed by atoms with van der Waals surface area (Å²) < 4.78 is 0. The minimum absolute atomic E-state index is 0.518. The van der Waals surface area contributed by atoms with Crippen molar-refractivity contribution in [1.82, 2.24) is 4.98 Å². The van der Waals surface area contributed by atoms with E-state index >= 15 is 0 Å². The third-order valence-corrected chi connectivity index (χ3v) is 2.08. The van der Waals surface area contributed by atoms with Crippen molar-refractivity contribution < 1.29 is 0 Å². The lowest BCUT2D eigenvalue weighted by atomic mass is 10.0. The molecular formula is C9H11N3. The average molecular weight is 161 g/mol. The smallest absolute Gasteiger partial charge is 0.126 e. The summed E-state index contributed by atoms with van der Waals surface area (Å²) in [7, 11) is 0. The third kappa shape index (κ3) is 1.12. The summed E-state index contributed by atoms with van der Waals surface area (Å²) in [4.78, 5) is 4.06. The van der Waals surface area contributed by atoms with Crippen molar-refractivity contribution >= 4 is 5.82 Å². The zero-order chi connectivity index (χ0) is 9.30. The second-order valence-corrected chi connectivity index (χ2v) is 2.82. The van der Waals surface area contributed by atoms with Crippen molar-refractivity contribution in [3.05, 3.63) is 22.4 Å². The molecule has 12 heavy (non-hydrogen) atoms. The molecule has 0 atom stereocenters.